The molecule has 0 bridgehead atoms. The molecule has 0 radical (unpaired) electrons. The van der Waals surface area contributed by atoms with Gasteiger partial charge in [0.1, 0.15) is 11.7 Å². The van der Waals surface area contributed by atoms with Crippen LogP contribution in [0.15, 0.2) is 77.6 Å². The van der Waals surface area contributed by atoms with Gasteiger partial charge >= 0.3 is 0 Å². The summed E-state index contributed by atoms with van der Waals surface area (Å²) < 4.78 is 1.58. The molecule has 0 N–H and O–H groups in total. The van der Waals surface area contributed by atoms with Crippen molar-refractivity contribution < 1.29 is 4.79 Å². The van der Waals surface area contributed by atoms with Crippen LogP contribution in [0.25, 0.3) is 16.6 Å². The molecular formula is C27H25Cl2N3O2. The highest BCUT2D eigenvalue weighted by molar-refractivity contribution is 6.31. The zero-order chi connectivity index (χ0) is 24.2. The van der Waals surface area contributed by atoms with E-state index in [9.17, 15) is 9.59 Å². The van der Waals surface area contributed by atoms with Gasteiger partial charge in [0.25, 0.3) is 5.56 Å². The minimum Gasteiger partial charge on any atom is -0.331 e. The Balaban J connectivity index is 1.85. The first-order valence-electron chi connectivity index (χ1n) is 11.1. The summed E-state index contributed by atoms with van der Waals surface area (Å²) in [6, 6.07) is 22.1. The van der Waals surface area contributed by atoms with Crippen molar-refractivity contribution in [3.05, 3.63) is 105 Å². The number of halogens is 2. The lowest BCUT2D eigenvalue weighted by Crippen LogP contribution is -2.39. The monoisotopic (exact) mass is 493 g/mol. The highest BCUT2D eigenvalue weighted by Gasteiger charge is 2.26. The Hall–Kier alpha value is -3.15. The van der Waals surface area contributed by atoms with Gasteiger partial charge in [0.05, 0.1) is 22.6 Å². The number of nitrogens with zero attached hydrogens (tertiary/aromatic N) is 3. The van der Waals surface area contributed by atoms with Gasteiger partial charge in [0, 0.05) is 11.6 Å². The van der Waals surface area contributed by atoms with Crippen LogP contribution < -0.4 is 5.56 Å². The van der Waals surface area contributed by atoms with E-state index in [-0.39, 0.29) is 17.3 Å². The van der Waals surface area contributed by atoms with Crippen LogP contribution in [0.4, 0.5) is 0 Å². The second-order valence-electron chi connectivity index (χ2n) is 8.24. The normalized spacial score (nSPS) is 12.0. The number of aromatic nitrogens is 2. The second-order valence-corrected chi connectivity index (χ2v) is 8.94. The molecule has 0 aliphatic rings. The van der Waals surface area contributed by atoms with Crippen LogP contribution in [-0.2, 0) is 11.2 Å². The lowest BCUT2D eigenvalue weighted by atomic mass is 10.1. The first kappa shape index (κ1) is 24.0. The Bertz CT molecular complexity index is 1370. The molecule has 4 rings (SSSR count). The van der Waals surface area contributed by atoms with E-state index in [1.54, 1.807) is 27.7 Å². The number of fused-ring (bicyclic) bond motifs is 1. The zero-order valence-corrected chi connectivity index (χ0v) is 20.6. The van der Waals surface area contributed by atoms with Gasteiger partial charge in [-0.1, -0.05) is 59.6 Å². The molecule has 7 heteroatoms. The molecule has 0 aliphatic heterocycles. The molecule has 3 aromatic carbocycles. The molecule has 0 aliphatic carbocycles. The van der Waals surface area contributed by atoms with Gasteiger partial charge in [0.2, 0.25) is 5.91 Å². The molecule has 1 aromatic heterocycles. The van der Waals surface area contributed by atoms with E-state index in [4.69, 9.17) is 28.2 Å². The van der Waals surface area contributed by atoms with Crippen molar-refractivity contribution in [1.29, 1.82) is 0 Å². The first-order valence-corrected chi connectivity index (χ1v) is 12.0. The Morgan fingerprint density at radius 1 is 1.06 bits per heavy atom. The van der Waals surface area contributed by atoms with Crippen molar-refractivity contribution in [2.75, 3.05) is 12.4 Å². The van der Waals surface area contributed by atoms with Crippen LogP contribution in [0.2, 0.25) is 5.02 Å². The van der Waals surface area contributed by atoms with E-state index < -0.39 is 6.04 Å². The van der Waals surface area contributed by atoms with Gasteiger partial charge in [-0.15, -0.1) is 11.6 Å². The summed E-state index contributed by atoms with van der Waals surface area (Å²) in [7, 11) is 0. The third kappa shape index (κ3) is 5.01. The molecular weight excluding hydrogens is 469 g/mol. The fourth-order valence-electron chi connectivity index (χ4n) is 4.04. The quantitative estimate of drug-likeness (QED) is 0.309. The maximum atomic E-state index is 13.6. The summed E-state index contributed by atoms with van der Waals surface area (Å²) in [6.07, 6.45) is 0.655. The molecule has 174 valence electrons. The molecule has 1 atom stereocenters. The minimum absolute atomic E-state index is 0.159. The molecule has 34 heavy (non-hydrogen) atoms. The maximum absolute atomic E-state index is 13.6. The van der Waals surface area contributed by atoms with Crippen molar-refractivity contribution in [1.82, 2.24) is 14.5 Å². The average molecular weight is 494 g/mol. The number of benzene rings is 3. The predicted octanol–water partition coefficient (Wildman–Crippen LogP) is 5.72. The second kappa shape index (κ2) is 10.4. The van der Waals surface area contributed by atoms with E-state index in [0.29, 0.717) is 40.4 Å². The van der Waals surface area contributed by atoms with E-state index >= 15 is 0 Å². The first-order chi connectivity index (χ1) is 16.4. The van der Waals surface area contributed by atoms with Crippen LogP contribution in [0.1, 0.15) is 29.9 Å². The Morgan fingerprint density at radius 3 is 2.44 bits per heavy atom. The number of aryl methyl sites for hydroxylation is 1. The fraction of sp³-hybridized carbons (Fsp3) is 0.222. The summed E-state index contributed by atoms with van der Waals surface area (Å²) in [5, 5.41) is 0.948. The van der Waals surface area contributed by atoms with Crippen LogP contribution in [0, 0.1) is 6.92 Å². The standard InChI is InChI=1S/C27H25Cl2N3O2/c1-18-8-11-22(12-9-18)32-26(30-24-16-21(29)10-13-23(24)27(32)34)19(2)31(25(33)17-28)15-14-20-6-4-3-5-7-20/h3-13,16,19H,14-15,17H2,1-2H3. The van der Waals surface area contributed by atoms with E-state index in [0.717, 1.165) is 11.1 Å². The summed E-state index contributed by atoms with van der Waals surface area (Å²) in [4.78, 5) is 33.1. The zero-order valence-electron chi connectivity index (χ0n) is 19.0. The van der Waals surface area contributed by atoms with Gasteiger partial charge in [-0.05, 0) is 56.2 Å². The lowest BCUT2D eigenvalue weighted by Gasteiger charge is -2.30. The van der Waals surface area contributed by atoms with Crippen LogP contribution >= 0.6 is 23.2 Å². The number of hydrogen-bond acceptors (Lipinski definition) is 3. The summed E-state index contributed by atoms with van der Waals surface area (Å²) >= 11 is 12.2. The van der Waals surface area contributed by atoms with Crippen molar-refractivity contribution >= 4 is 40.0 Å². The predicted molar refractivity (Wildman–Crippen MR) is 138 cm³/mol. The van der Waals surface area contributed by atoms with Gasteiger partial charge in [-0.3, -0.25) is 14.2 Å². The third-order valence-corrected chi connectivity index (χ3v) is 6.37. The molecule has 1 unspecified atom stereocenters. The Morgan fingerprint density at radius 2 is 1.76 bits per heavy atom. The Labute approximate surface area is 208 Å². The van der Waals surface area contributed by atoms with E-state index in [1.807, 2.05) is 68.4 Å². The average Bonchev–Trinajstić information content (AvgIpc) is 2.85. The van der Waals surface area contributed by atoms with Crippen molar-refractivity contribution in [2.45, 2.75) is 26.3 Å². The SMILES string of the molecule is Cc1ccc(-n2c(C(C)N(CCc3ccccc3)C(=O)CCl)nc3cc(Cl)ccc3c2=O)cc1. The summed E-state index contributed by atoms with van der Waals surface area (Å²) in [5.74, 6) is 0.0731. The number of carbonyl (C=O) groups is 1. The topological polar surface area (TPSA) is 55.2 Å². The highest BCUT2D eigenvalue weighted by atomic mass is 35.5. The number of alkyl halides is 1. The van der Waals surface area contributed by atoms with Crippen molar-refractivity contribution in [3.8, 4) is 5.69 Å². The largest absolute Gasteiger partial charge is 0.331 e. The molecule has 0 saturated carbocycles. The number of hydrogen-bond donors (Lipinski definition) is 0. The third-order valence-electron chi connectivity index (χ3n) is 5.91. The highest BCUT2D eigenvalue weighted by Crippen LogP contribution is 2.25. The van der Waals surface area contributed by atoms with Gasteiger partial charge in [0.15, 0.2) is 0 Å². The smallest absolute Gasteiger partial charge is 0.266 e. The van der Waals surface area contributed by atoms with Crippen LogP contribution in [0.5, 0.6) is 0 Å². The Kier molecular flexibility index (Phi) is 7.35. The van der Waals surface area contributed by atoms with E-state index in [2.05, 4.69) is 0 Å². The summed E-state index contributed by atoms with van der Waals surface area (Å²) in [6.45, 7) is 4.30. The van der Waals surface area contributed by atoms with Crippen LogP contribution in [-0.4, -0.2) is 32.8 Å². The van der Waals surface area contributed by atoms with Crippen LogP contribution in [0.3, 0.4) is 0 Å². The molecule has 5 nitrogen and oxygen atoms in total. The molecule has 0 fully saturated rings. The number of carbonyl (C=O) groups excluding carboxylic acids is 1. The molecule has 1 heterocycles. The van der Waals surface area contributed by atoms with Gasteiger partial charge < -0.3 is 4.90 Å². The minimum atomic E-state index is -0.507. The lowest BCUT2D eigenvalue weighted by molar-refractivity contribution is -0.130. The van der Waals surface area contributed by atoms with Gasteiger partial charge in [-0.2, -0.15) is 0 Å². The number of rotatable bonds is 7. The van der Waals surface area contributed by atoms with Crippen molar-refractivity contribution in [3.63, 3.8) is 0 Å². The molecule has 1 amide bonds. The maximum Gasteiger partial charge on any atom is 0.266 e. The summed E-state index contributed by atoms with van der Waals surface area (Å²) in [5.41, 5.74) is 3.14. The number of amides is 1. The van der Waals surface area contributed by atoms with E-state index in [1.165, 1.54) is 0 Å². The van der Waals surface area contributed by atoms with Crippen molar-refractivity contribution in [2.24, 2.45) is 0 Å². The fourth-order valence-corrected chi connectivity index (χ4v) is 4.36. The molecule has 0 spiro atoms. The molecule has 4 aromatic rings. The molecule has 0 saturated heterocycles. The van der Waals surface area contributed by atoms with Gasteiger partial charge in [-0.25, -0.2) is 4.98 Å².